The number of aryl methyl sites for hydroxylation is 1. The third-order valence-corrected chi connectivity index (χ3v) is 6.26. The van der Waals surface area contributed by atoms with Crippen LogP contribution >= 0.6 is 0 Å². The first-order valence-electron chi connectivity index (χ1n) is 10.9. The maximum atomic E-state index is 12.8. The van der Waals surface area contributed by atoms with Gasteiger partial charge in [-0.05, 0) is 42.5 Å². The summed E-state index contributed by atoms with van der Waals surface area (Å²) in [5.41, 5.74) is 3.37. The molecule has 2 aliphatic rings. The van der Waals surface area contributed by atoms with E-state index in [1.54, 1.807) is 41.2 Å². The van der Waals surface area contributed by atoms with Gasteiger partial charge >= 0.3 is 0 Å². The molecule has 0 unspecified atom stereocenters. The van der Waals surface area contributed by atoms with Crippen molar-refractivity contribution in [1.82, 2.24) is 19.8 Å². The maximum Gasteiger partial charge on any atom is 0.261 e. The molecular weight excluding hydrogens is 404 g/mol. The molecule has 1 aromatic heterocycles. The zero-order valence-electron chi connectivity index (χ0n) is 17.7. The Balaban J connectivity index is 1.22. The zero-order valence-corrected chi connectivity index (χ0v) is 17.7. The molecule has 1 N–H and O–H groups in total. The topological polar surface area (TPSA) is 84.3 Å². The number of carbonyl (C=O) groups is 3. The van der Waals surface area contributed by atoms with E-state index in [0.717, 1.165) is 19.3 Å². The van der Waals surface area contributed by atoms with Crippen LogP contribution in [0, 0.1) is 0 Å². The predicted octanol–water partition coefficient (Wildman–Crippen LogP) is 2.92. The van der Waals surface area contributed by atoms with Crippen LogP contribution in [0.5, 0.6) is 0 Å². The number of fused-ring (bicyclic) bond motifs is 2. The summed E-state index contributed by atoms with van der Waals surface area (Å²) in [7, 11) is 0. The fourth-order valence-electron chi connectivity index (χ4n) is 4.66. The number of imidazole rings is 1. The molecule has 2 aromatic carbocycles. The summed E-state index contributed by atoms with van der Waals surface area (Å²) in [6.07, 6.45) is 6.81. The molecule has 7 heteroatoms. The molecule has 7 nitrogen and oxygen atoms in total. The summed E-state index contributed by atoms with van der Waals surface area (Å²) in [6.45, 7) is 0.372. The van der Waals surface area contributed by atoms with Crippen molar-refractivity contribution in [2.75, 3.05) is 6.54 Å². The molecule has 0 radical (unpaired) electrons. The quantitative estimate of drug-likeness (QED) is 0.612. The van der Waals surface area contributed by atoms with Gasteiger partial charge in [-0.2, -0.15) is 0 Å². The lowest BCUT2D eigenvalue weighted by atomic mass is 9.88. The van der Waals surface area contributed by atoms with E-state index in [-0.39, 0.29) is 36.9 Å². The first-order valence-corrected chi connectivity index (χ1v) is 10.9. The molecule has 0 bridgehead atoms. The third kappa shape index (κ3) is 3.70. The first kappa shape index (κ1) is 20.2. The number of aromatic nitrogens is 2. The average molecular weight is 428 g/mol. The maximum absolute atomic E-state index is 12.8. The lowest BCUT2D eigenvalue weighted by Gasteiger charge is -2.26. The summed E-state index contributed by atoms with van der Waals surface area (Å²) in [5, 5.41) is 3.16. The number of imide groups is 1. The van der Waals surface area contributed by atoms with Crippen LogP contribution in [0.1, 0.15) is 56.6 Å². The second-order valence-corrected chi connectivity index (χ2v) is 8.24. The van der Waals surface area contributed by atoms with Crippen LogP contribution < -0.4 is 5.32 Å². The monoisotopic (exact) mass is 428 g/mol. The number of carbonyl (C=O) groups excluding carboxylic acids is 3. The van der Waals surface area contributed by atoms with Gasteiger partial charge < -0.3 is 9.88 Å². The Labute approximate surface area is 186 Å². The minimum absolute atomic E-state index is 0.0257. The van der Waals surface area contributed by atoms with Crippen LogP contribution in [0.3, 0.4) is 0 Å². The summed E-state index contributed by atoms with van der Waals surface area (Å²) >= 11 is 0. The zero-order chi connectivity index (χ0) is 22.1. The second-order valence-electron chi connectivity index (χ2n) is 8.24. The summed E-state index contributed by atoms with van der Waals surface area (Å²) in [5.74, 6) is 0.0299. The normalized spacial score (nSPS) is 17.2. The van der Waals surface area contributed by atoms with E-state index in [2.05, 4.69) is 22.4 Å². The third-order valence-electron chi connectivity index (χ3n) is 6.26. The molecule has 1 aliphatic carbocycles. The van der Waals surface area contributed by atoms with Gasteiger partial charge in [-0.25, -0.2) is 4.98 Å². The van der Waals surface area contributed by atoms with E-state index in [9.17, 15) is 14.4 Å². The van der Waals surface area contributed by atoms with Crippen molar-refractivity contribution in [2.24, 2.45) is 0 Å². The predicted molar refractivity (Wildman–Crippen MR) is 118 cm³/mol. The Morgan fingerprint density at radius 3 is 2.53 bits per heavy atom. The number of rotatable bonds is 6. The molecule has 2 heterocycles. The lowest BCUT2D eigenvalue weighted by molar-refractivity contribution is -0.122. The number of amides is 3. The van der Waals surface area contributed by atoms with Crippen molar-refractivity contribution in [3.05, 3.63) is 89.0 Å². The molecule has 0 saturated carbocycles. The van der Waals surface area contributed by atoms with Crippen molar-refractivity contribution >= 4 is 17.7 Å². The Kier molecular flexibility index (Phi) is 5.31. The number of nitrogens with one attached hydrogen (secondary N) is 1. The van der Waals surface area contributed by atoms with Crippen LogP contribution in [0.4, 0.5) is 0 Å². The Bertz CT molecular complexity index is 1160. The number of hydrogen-bond acceptors (Lipinski definition) is 4. The minimum Gasteiger partial charge on any atom is -0.348 e. The number of nitrogens with zero attached hydrogens (tertiary/aromatic N) is 3. The van der Waals surface area contributed by atoms with Gasteiger partial charge in [0.2, 0.25) is 5.91 Å². The van der Waals surface area contributed by atoms with E-state index in [1.165, 1.54) is 16.0 Å². The van der Waals surface area contributed by atoms with Gasteiger partial charge in [-0.1, -0.05) is 36.4 Å². The summed E-state index contributed by atoms with van der Waals surface area (Å²) in [6, 6.07) is 15.1. The van der Waals surface area contributed by atoms with Gasteiger partial charge in [-0.3, -0.25) is 19.3 Å². The first-order chi connectivity index (χ1) is 15.6. The molecule has 1 atom stereocenters. The summed E-state index contributed by atoms with van der Waals surface area (Å²) < 4.78 is 1.78. The van der Waals surface area contributed by atoms with Crippen LogP contribution in [-0.2, 0) is 24.2 Å². The molecule has 0 saturated heterocycles. The smallest absolute Gasteiger partial charge is 0.261 e. The highest BCUT2D eigenvalue weighted by atomic mass is 16.2. The van der Waals surface area contributed by atoms with E-state index in [1.807, 2.05) is 12.1 Å². The molecule has 3 aromatic rings. The van der Waals surface area contributed by atoms with Crippen molar-refractivity contribution in [2.45, 2.75) is 38.3 Å². The van der Waals surface area contributed by atoms with Gasteiger partial charge in [0.25, 0.3) is 11.8 Å². The van der Waals surface area contributed by atoms with Gasteiger partial charge in [0.1, 0.15) is 12.4 Å². The van der Waals surface area contributed by atoms with Crippen molar-refractivity contribution < 1.29 is 14.4 Å². The minimum atomic E-state index is -0.280. The molecule has 0 spiro atoms. The van der Waals surface area contributed by atoms with Gasteiger partial charge in [0, 0.05) is 25.4 Å². The molecule has 0 fully saturated rings. The standard InChI is InChI=1S/C25H24N4O3/c30-23(27-21-11-5-7-17-6-1-2-8-18(17)21)16-28-15-13-26-22(28)12-14-29-24(31)19-9-3-4-10-20(19)25(29)32/h1-4,6,8-10,13,15,21H,5,7,11-12,14,16H2,(H,27,30)/t21-/m0/s1. The van der Waals surface area contributed by atoms with Gasteiger partial charge in [0.15, 0.2) is 0 Å². The van der Waals surface area contributed by atoms with Crippen molar-refractivity contribution in [1.29, 1.82) is 0 Å². The Hall–Kier alpha value is -3.74. The highest BCUT2D eigenvalue weighted by Crippen LogP contribution is 2.29. The SMILES string of the molecule is O=C(Cn1ccnc1CCN1C(=O)c2ccccc2C1=O)N[C@H]1CCCc2ccccc21. The molecule has 162 valence electrons. The van der Waals surface area contributed by atoms with E-state index in [0.29, 0.717) is 23.4 Å². The molecule has 1 aliphatic heterocycles. The second kappa shape index (κ2) is 8.42. The van der Waals surface area contributed by atoms with Crippen LogP contribution in [0.15, 0.2) is 60.9 Å². The molecule has 32 heavy (non-hydrogen) atoms. The molecule has 5 rings (SSSR count). The highest BCUT2D eigenvalue weighted by molar-refractivity contribution is 6.21. The summed E-state index contributed by atoms with van der Waals surface area (Å²) in [4.78, 5) is 43.5. The van der Waals surface area contributed by atoms with E-state index >= 15 is 0 Å². The fraction of sp³-hybridized carbons (Fsp3) is 0.280. The lowest BCUT2D eigenvalue weighted by Crippen LogP contribution is -2.34. The largest absolute Gasteiger partial charge is 0.348 e. The van der Waals surface area contributed by atoms with Crippen molar-refractivity contribution in [3.63, 3.8) is 0 Å². The van der Waals surface area contributed by atoms with Gasteiger partial charge in [-0.15, -0.1) is 0 Å². The van der Waals surface area contributed by atoms with E-state index < -0.39 is 0 Å². The molecule has 3 amide bonds. The van der Waals surface area contributed by atoms with Crippen LogP contribution in [-0.4, -0.2) is 38.7 Å². The van der Waals surface area contributed by atoms with E-state index in [4.69, 9.17) is 0 Å². The Morgan fingerprint density at radius 1 is 1.03 bits per heavy atom. The number of hydrogen-bond donors (Lipinski definition) is 1. The van der Waals surface area contributed by atoms with Crippen LogP contribution in [0.25, 0.3) is 0 Å². The van der Waals surface area contributed by atoms with Gasteiger partial charge in [0.05, 0.1) is 17.2 Å². The Morgan fingerprint density at radius 2 is 1.75 bits per heavy atom. The number of benzene rings is 2. The van der Waals surface area contributed by atoms with Crippen molar-refractivity contribution in [3.8, 4) is 0 Å². The molecular formula is C25H24N4O3. The fourth-order valence-corrected chi connectivity index (χ4v) is 4.66. The average Bonchev–Trinajstić information content (AvgIpc) is 3.35. The van der Waals surface area contributed by atoms with Crippen LogP contribution in [0.2, 0.25) is 0 Å². The highest BCUT2D eigenvalue weighted by Gasteiger charge is 2.34.